The normalized spacial score (nSPS) is 17.8. The van der Waals surface area contributed by atoms with Crippen LogP contribution in [0.25, 0.3) is 22.4 Å². The lowest BCUT2D eigenvalue weighted by atomic mass is 10.1. The number of carbonyl (C=O) groups is 1. The topological polar surface area (TPSA) is 76.7 Å². The van der Waals surface area contributed by atoms with Gasteiger partial charge in [0.1, 0.15) is 16.9 Å². The largest absolute Gasteiger partial charge is 0.444 e. The first kappa shape index (κ1) is 29.1. The first-order valence-electron chi connectivity index (χ1n) is 12.7. The molecule has 2 aliphatic rings. The van der Waals surface area contributed by atoms with E-state index in [1.807, 2.05) is 20.8 Å². The molecule has 1 amide bonds. The number of hydrogen-bond donors (Lipinski definition) is 2. The van der Waals surface area contributed by atoms with Crippen molar-refractivity contribution in [1.82, 2.24) is 24.1 Å². The fraction of sp³-hybridized carbons (Fsp3) is 0.462. The molecular weight excluding hydrogens is 588 g/mol. The molecule has 40 heavy (non-hydrogen) atoms. The molecule has 0 saturated carbocycles. The minimum Gasteiger partial charge on any atom is -0.444 e. The summed E-state index contributed by atoms with van der Waals surface area (Å²) in [4.78, 5) is 23.8. The van der Waals surface area contributed by atoms with Gasteiger partial charge in [-0.25, -0.2) is 14.1 Å². The number of likely N-dealkylation sites (tertiary alicyclic amines) is 1. The van der Waals surface area contributed by atoms with Crippen LogP contribution < -0.4 is 4.72 Å². The van der Waals surface area contributed by atoms with Gasteiger partial charge in [0.15, 0.2) is 0 Å². The highest BCUT2D eigenvalue weighted by molar-refractivity contribution is 7.98. The van der Waals surface area contributed by atoms with E-state index in [9.17, 15) is 18.0 Å². The molecule has 3 aromatic rings. The summed E-state index contributed by atoms with van der Waals surface area (Å²) in [5.41, 5.74) is 0.396. The minimum absolute atomic E-state index is 0.0863. The van der Waals surface area contributed by atoms with Crippen LogP contribution in [0.4, 0.5) is 23.7 Å². The van der Waals surface area contributed by atoms with Gasteiger partial charge in [0.05, 0.1) is 21.8 Å². The lowest BCUT2D eigenvalue weighted by molar-refractivity contribution is -0.137. The fourth-order valence-electron chi connectivity index (χ4n) is 4.60. The van der Waals surface area contributed by atoms with Crippen LogP contribution >= 0.6 is 35.3 Å². The van der Waals surface area contributed by atoms with Crippen molar-refractivity contribution in [3.63, 3.8) is 0 Å². The van der Waals surface area contributed by atoms with E-state index >= 15 is 0 Å². The van der Waals surface area contributed by atoms with Crippen LogP contribution in [0.2, 0.25) is 10.0 Å². The Labute approximate surface area is 244 Å². The second-order valence-corrected chi connectivity index (χ2v) is 12.6. The minimum atomic E-state index is -4.53. The molecule has 0 spiro atoms. The number of imidazole rings is 1. The van der Waals surface area contributed by atoms with E-state index in [0.29, 0.717) is 41.2 Å². The standard InChI is InChI=1S/C26H29Cl2F3N6O2S/c1-25(2,3)39-24(38)36-13-17(14-36)35-6-8-37(9-7-35)40-34-20-5-4-16(27)12-18(20)23-32-21-11-15(26(29,30)31)10-19(28)22(21)33-23/h4-5,10-12,17,34H,6-9,13-14H2,1-3H3,(H,32,33). The van der Waals surface area contributed by atoms with Gasteiger partial charge in [-0.1, -0.05) is 23.2 Å². The molecule has 2 aromatic carbocycles. The summed E-state index contributed by atoms with van der Waals surface area (Å²) in [6.45, 7) is 10.3. The molecule has 1 aromatic heterocycles. The summed E-state index contributed by atoms with van der Waals surface area (Å²) in [6, 6.07) is 7.43. The predicted molar refractivity (Wildman–Crippen MR) is 153 cm³/mol. The molecule has 0 unspecified atom stereocenters. The van der Waals surface area contributed by atoms with Crippen molar-refractivity contribution in [3.05, 3.63) is 45.9 Å². The van der Waals surface area contributed by atoms with Crippen molar-refractivity contribution in [3.8, 4) is 11.4 Å². The predicted octanol–water partition coefficient (Wildman–Crippen LogP) is 6.77. The van der Waals surface area contributed by atoms with Gasteiger partial charge in [0, 0.05) is 68.0 Å². The Morgan fingerprint density at radius 2 is 1.80 bits per heavy atom. The van der Waals surface area contributed by atoms with E-state index in [2.05, 4.69) is 23.9 Å². The highest BCUT2D eigenvalue weighted by Crippen LogP contribution is 2.37. The van der Waals surface area contributed by atoms with E-state index in [4.69, 9.17) is 27.9 Å². The molecule has 216 valence electrons. The van der Waals surface area contributed by atoms with Gasteiger partial charge in [-0.2, -0.15) is 13.2 Å². The third-order valence-corrected chi connectivity index (χ3v) is 8.15. The number of aromatic nitrogens is 2. The number of H-pyrrole nitrogens is 1. The molecule has 0 radical (unpaired) electrons. The summed E-state index contributed by atoms with van der Waals surface area (Å²) in [5, 5.41) is 0.374. The number of carbonyl (C=O) groups excluding carboxylic acids is 1. The molecule has 0 aliphatic carbocycles. The van der Waals surface area contributed by atoms with Gasteiger partial charge < -0.3 is 19.3 Å². The molecule has 8 nitrogen and oxygen atoms in total. The third kappa shape index (κ3) is 6.57. The molecular formula is C26H29Cl2F3N6O2S. The zero-order valence-corrected chi connectivity index (χ0v) is 24.4. The first-order valence-corrected chi connectivity index (χ1v) is 14.3. The number of nitrogens with zero attached hydrogens (tertiary/aromatic N) is 4. The number of fused-ring (bicyclic) bond motifs is 1. The number of nitrogens with one attached hydrogen (secondary N) is 2. The van der Waals surface area contributed by atoms with E-state index in [0.717, 1.165) is 38.3 Å². The number of alkyl halides is 3. The van der Waals surface area contributed by atoms with Crippen LogP contribution in [-0.2, 0) is 10.9 Å². The Morgan fingerprint density at radius 3 is 2.45 bits per heavy atom. The number of anilines is 1. The number of benzene rings is 2. The van der Waals surface area contributed by atoms with Crippen LogP contribution in [-0.4, -0.2) is 81.1 Å². The van der Waals surface area contributed by atoms with Crippen LogP contribution in [0.3, 0.4) is 0 Å². The Hall–Kier alpha value is -2.38. The lowest BCUT2D eigenvalue weighted by Crippen LogP contribution is -2.64. The summed E-state index contributed by atoms with van der Waals surface area (Å²) in [6.07, 6.45) is -4.80. The molecule has 0 bridgehead atoms. The van der Waals surface area contributed by atoms with Gasteiger partial charge in [-0.15, -0.1) is 0 Å². The number of amides is 1. The Morgan fingerprint density at radius 1 is 1.10 bits per heavy atom. The molecule has 5 rings (SSSR count). The van der Waals surface area contributed by atoms with Crippen LogP contribution in [0.1, 0.15) is 26.3 Å². The summed E-state index contributed by atoms with van der Waals surface area (Å²) >= 11 is 13.8. The number of piperazine rings is 1. The van der Waals surface area contributed by atoms with Crippen LogP contribution in [0.5, 0.6) is 0 Å². The molecule has 2 fully saturated rings. The SMILES string of the molecule is CC(C)(C)OC(=O)N1CC(N2CCN(SNc3ccc(Cl)cc3-c3nc4c(Cl)cc(C(F)(F)F)cc4[nH]3)CC2)C1. The van der Waals surface area contributed by atoms with E-state index in [1.165, 1.54) is 12.1 Å². The van der Waals surface area contributed by atoms with Crippen molar-refractivity contribution in [2.24, 2.45) is 0 Å². The second-order valence-electron chi connectivity index (χ2n) is 10.8. The number of aromatic amines is 1. The average Bonchev–Trinajstić information content (AvgIpc) is 3.26. The highest BCUT2D eigenvalue weighted by Gasteiger charge is 2.38. The number of halogens is 5. The smallest absolute Gasteiger partial charge is 0.416 e. The zero-order chi connectivity index (χ0) is 28.8. The summed E-state index contributed by atoms with van der Waals surface area (Å²) in [7, 11) is 0. The van der Waals surface area contributed by atoms with Crippen molar-refractivity contribution in [2.75, 3.05) is 44.0 Å². The maximum absolute atomic E-state index is 13.3. The zero-order valence-electron chi connectivity index (χ0n) is 22.1. The van der Waals surface area contributed by atoms with E-state index < -0.39 is 17.3 Å². The fourth-order valence-corrected chi connectivity index (χ4v) is 5.79. The number of hydrogen-bond acceptors (Lipinski definition) is 7. The van der Waals surface area contributed by atoms with Crippen molar-refractivity contribution < 1.29 is 22.7 Å². The Kier molecular flexibility index (Phi) is 8.10. The maximum atomic E-state index is 13.3. The van der Waals surface area contributed by atoms with Crippen molar-refractivity contribution in [2.45, 2.75) is 38.6 Å². The van der Waals surface area contributed by atoms with Gasteiger partial charge in [-0.05, 0) is 51.1 Å². The third-order valence-electron chi connectivity index (χ3n) is 6.69. The van der Waals surface area contributed by atoms with E-state index in [1.54, 1.807) is 23.1 Å². The van der Waals surface area contributed by atoms with Crippen LogP contribution in [0.15, 0.2) is 30.3 Å². The average molecular weight is 618 g/mol. The van der Waals surface area contributed by atoms with Crippen LogP contribution in [0, 0.1) is 0 Å². The second kappa shape index (κ2) is 11.1. The Balaban J connectivity index is 1.20. The Bertz CT molecular complexity index is 1400. The van der Waals surface area contributed by atoms with E-state index in [-0.39, 0.29) is 22.1 Å². The molecule has 2 aliphatic heterocycles. The molecule has 3 heterocycles. The van der Waals surface area contributed by atoms with Gasteiger partial charge >= 0.3 is 12.3 Å². The molecule has 0 atom stereocenters. The molecule has 14 heteroatoms. The number of rotatable bonds is 5. The monoisotopic (exact) mass is 616 g/mol. The van der Waals surface area contributed by atoms with Gasteiger partial charge in [0.25, 0.3) is 0 Å². The summed E-state index contributed by atoms with van der Waals surface area (Å²) in [5.74, 6) is 0.353. The highest BCUT2D eigenvalue weighted by atomic mass is 35.5. The molecule has 2 N–H and O–H groups in total. The van der Waals surface area contributed by atoms with Gasteiger partial charge in [0.2, 0.25) is 0 Å². The quantitative estimate of drug-likeness (QED) is 0.306. The number of ether oxygens (including phenoxy) is 1. The van der Waals surface area contributed by atoms with Gasteiger partial charge in [-0.3, -0.25) is 4.90 Å². The first-order chi connectivity index (χ1) is 18.8. The van der Waals surface area contributed by atoms with Crippen molar-refractivity contribution in [1.29, 1.82) is 0 Å². The maximum Gasteiger partial charge on any atom is 0.416 e. The molecule has 2 saturated heterocycles. The lowest BCUT2D eigenvalue weighted by Gasteiger charge is -2.47. The summed E-state index contributed by atoms with van der Waals surface area (Å²) < 4.78 is 50.8. The van der Waals surface area contributed by atoms with Crippen molar-refractivity contribution >= 4 is 58.1 Å².